The minimum Gasteiger partial charge on any atom is -0.295 e. The van der Waals surface area contributed by atoms with E-state index in [0.29, 0.717) is 5.78 Å². The number of allylic oxidation sites excluding steroid dienone is 2. The van der Waals surface area contributed by atoms with Crippen molar-refractivity contribution >= 4 is 11.4 Å². The van der Waals surface area contributed by atoms with Gasteiger partial charge in [0, 0.05) is 5.92 Å². The summed E-state index contributed by atoms with van der Waals surface area (Å²) in [5, 5.41) is 0. The molecule has 1 aromatic carbocycles. The second kappa shape index (κ2) is 7.95. The normalized spacial score (nSPS) is 22.9. The van der Waals surface area contributed by atoms with Crippen molar-refractivity contribution in [2.45, 2.75) is 77.0 Å². The number of hydrogen-bond donors (Lipinski definition) is 0. The van der Waals surface area contributed by atoms with Gasteiger partial charge >= 0.3 is 0 Å². The fraction of sp³-hybridized carbons (Fsp3) is 0.591. The molecule has 1 aromatic rings. The predicted molar refractivity (Wildman–Crippen MR) is 97.5 cm³/mol. The van der Waals surface area contributed by atoms with Gasteiger partial charge < -0.3 is 0 Å². The third-order valence-corrected chi connectivity index (χ3v) is 5.75. The van der Waals surface area contributed by atoms with Crippen LogP contribution in [0, 0.1) is 5.92 Å². The fourth-order valence-corrected chi connectivity index (χ4v) is 4.20. The van der Waals surface area contributed by atoms with E-state index in [0.717, 1.165) is 25.2 Å². The van der Waals surface area contributed by atoms with E-state index in [-0.39, 0.29) is 5.92 Å². The van der Waals surface area contributed by atoms with Gasteiger partial charge in [-0.3, -0.25) is 4.79 Å². The molecule has 0 saturated heterocycles. The first-order chi connectivity index (χ1) is 11.3. The van der Waals surface area contributed by atoms with E-state index in [2.05, 4.69) is 31.2 Å². The molecule has 0 aliphatic heterocycles. The van der Waals surface area contributed by atoms with Crippen LogP contribution in [0.15, 0.2) is 30.3 Å². The molecule has 1 saturated carbocycles. The van der Waals surface area contributed by atoms with E-state index in [4.69, 9.17) is 0 Å². The van der Waals surface area contributed by atoms with Crippen LogP contribution in [-0.4, -0.2) is 5.78 Å². The van der Waals surface area contributed by atoms with Gasteiger partial charge in [-0.05, 0) is 60.8 Å². The summed E-state index contributed by atoms with van der Waals surface area (Å²) in [6, 6.07) is 9.10. The largest absolute Gasteiger partial charge is 0.295 e. The summed E-state index contributed by atoms with van der Waals surface area (Å²) < 4.78 is 0. The molecular formula is C22H30O. The second-order valence-corrected chi connectivity index (χ2v) is 7.41. The highest BCUT2D eigenvalue weighted by Gasteiger charge is 2.22. The monoisotopic (exact) mass is 310 g/mol. The predicted octanol–water partition coefficient (Wildman–Crippen LogP) is 6.29. The highest BCUT2D eigenvalue weighted by Crippen LogP contribution is 2.35. The summed E-state index contributed by atoms with van der Waals surface area (Å²) >= 11 is 0. The Labute approximate surface area is 141 Å². The Morgan fingerprint density at radius 1 is 1.00 bits per heavy atom. The molecule has 1 fully saturated rings. The van der Waals surface area contributed by atoms with Crippen LogP contribution < -0.4 is 0 Å². The van der Waals surface area contributed by atoms with Gasteiger partial charge in [-0.1, -0.05) is 63.3 Å². The van der Waals surface area contributed by atoms with Crippen LogP contribution in [-0.2, 0) is 4.79 Å². The van der Waals surface area contributed by atoms with Gasteiger partial charge in [0.1, 0.15) is 0 Å². The molecule has 23 heavy (non-hydrogen) atoms. The van der Waals surface area contributed by atoms with Crippen molar-refractivity contribution in [2.75, 3.05) is 0 Å². The second-order valence-electron chi connectivity index (χ2n) is 7.41. The van der Waals surface area contributed by atoms with Gasteiger partial charge in [-0.2, -0.15) is 0 Å². The van der Waals surface area contributed by atoms with Gasteiger partial charge in [-0.15, -0.1) is 0 Å². The Balaban J connectivity index is 1.66. The third kappa shape index (κ3) is 4.13. The topological polar surface area (TPSA) is 17.1 Å². The Hall–Kier alpha value is -1.37. The van der Waals surface area contributed by atoms with Crippen LogP contribution >= 0.6 is 0 Å². The van der Waals surface area contributed by atoms with E-state index < -0.39 is 0 Å². The van der Waals surface area contributed by atoms with Gasteiger partial charge in [-0.25, -0.2) is 0 Å². The summed E-state index contributed by atoms with van der Waals surface area (Å²) in [5.41, 5.74) is 4.00. The average Bonchev–Trinajstić information content (AvgIpc) is 2.61. The number of unbranched alkanes of at least 4 members (excludes halogenated alkanes) is 1. The molecular weight excluding hydrogens is 280 g/mol. The molecule has 0 amide bonds. The molecule has 2 aliphatic carbocycles. The molecule has 0 heterocycles. The zero-order chi connectivity index (χ0) is 16.1. The van der Waals surface area contributed by atoms with Crippen LogP contribution in [0.5, 0.6) is 0 Å². The minimum atomic E-state index is 0.278. The van der Waals surface area contributed by atoms with Gasteiger partial charge in [0.2, 0.25) is 0 Å². The van der Waals surface area contributed by atoms with Crippen molar-refractivity contribution in [1.82, 2.24) is 0 Å². The lowest BCUT2D eigenvalue weighted by molar-refractivity contribution is -0.118. The molecule has 1 atom stereocenters. The Morgan fingerprint density at radius 2 is 1.74 bits per heavy atom. The summed E-state index contributed by atoms with van der Waals surface area (Å²) in [7, 11) is 0. The maximum atomic E-state index is 12.3. The maximum Gasteiger partial charge on any atom is 0.159 e. The quantitative estimate of drug-likeness (QED) is 0.625. The molecule has 3 rings (SSSR count). The third-order valence-electron chi connectivity index (χ3n) is 5.75. The van der Waals surface area contributed by atoms with Crippen molar-refractivity contribution < 1.29 is 4.79 Å². The molecule has 0 bridgehead atoms. The minimum absolute atomic E-state index is 0.278. The highest BCUT2D eigenvalue weighted by atomic mass is 16.1. The van der Waals surface area contributed by atoms with Crippen molar-refractivity contribution in [2.24, 2.45) is 5.92 Å². The number of benzene rings is 1. The first-order valence-corrected chi connectivity index (χ1v) is 9.62. The van der Waals surface area contributed by atoms with Crippen molar-refractivity contribution in [3.05, 3.63) is 41.5 Å². The zero-order valence-corrected chi connectivity index (χ0v) is 14.5. The van der Waals surface area contributed by atoms with Crippen LogP contribution in [0.4, 0.5) is 0 Å². The van der Waals surface area contributed by atoms with Crippen molar-refractivity contribution in [3.63, 3.8) is 0 Å². The van der Waals surface area contributed by atoms with Crippen LogP contribution in [0.3, 0.4) is 0 Å². The van der Waals surface area contributed by atoms with E-state index in [1.165, 1.54) is 61.6 Å². The molecule has 1 heteroatoms. The van der Waals surface area contributed by atoms with Gasteiger partial charge in [0.15, 0.2) is 5.78 Å². The molecule has 0 unspecified atom stereocenters. The number of hydrogen-bond acceptors (Lipinski definition) is 1. The molecule has 0 spiro atoms. The number of ketones is 1. The Morgan fingerprint density at radius 3 is 2.39 bits per heavy atom. The van der Waals surface area contributed by atoms with Gasteiger partial charge in [0.25, 0.3) is 0 Å². The molecule has 0 N–H and O–H groups in total. The number of rotatable bonds is 5. The number of carbonyl (C=O) groups is 1. The lowest BCUT2D eigenvalue weighted by Gasteiger charge is -2.23. The first-order valence-electron chi connectivity index (χ1n) is 9.62. The van der Waals surface area contributed by atoms with Crippen LogP contribution in [0.25, 0.3) is 5.57 Å². The SMILES string of the molecule is CCCC[C@@H]1CCC(c2ccc(C3CCCCC3)cc2)=CC1=O. The summed E-state index contributed by atoms with van der Waals surface area (Å²) in [6.07, 6.45) is 14.3. The van der Waals surface area contributed by atoms with Crippen molar-refractivity contribution in [3.8, 4) is 0 Å². The number of carbonyl (C=O) groups excluding carboxylic acids is 1. The van der Waals surface area contributed by atoms with E-state index in [9.17, 15) is 4.79 Å². The van der Waals surface area contributed by atoms with Crippen LogP contribution in [0.2, 0.25) is 0 Å². The summed E-state index contributed by atoms with van der Waals surface area (Å²) in [5.74, 6) is 1.40. The van der Waals surface area contributed by atoms with E-state index in [1.807, 2.05) is 6.08 Å². The van der Waals surface area contributed by atoms with Crippen LogP contribution in [0.1, 0.15) is 88.2 Å². The highest BCUT2D eigenvalue weighted by molar-refractivity contribution is 5.99. The fourth-order valence-electron chi connectivity index (χ4n) is 4.20. The van der Waals surface area contributed by atoms with Crippen molar-refractivity contribution in [1.29, 1.82) is 0 Å². The molecule has 1 nitrogen and oxygen atoms in total. The summed E-state index contributed by atoms with van der Waals surface area (Å²) in [6.45, 7) is 2.20. The first kappa shape index (κ1) is 16.5. The molecule has 124 valence electrons. The molecule has 0 radical (unpaired) electrons. The summed E-state index contributed by atoms with van der Waals surface area (Å²) in [4.78, 5) is 12.3. The van der Waals surface area contributed by atoms with Gasteiger partial charge in [0.05, 0.1) is 0 Å². The standard InChI is InChI=1S/C22H30O/c1-2-3-7-20-14-15-21(16-22(20)23)19-12-10-18(11-13-19)17-8-5-4-6-9-17/h10-13,16-17,20H,2-9,14-15H2,1H3/t20-/m1/s1. The molecule has 2 aliphatic rings. The lowest BCUT2D eigenvalue weighted by Crippen LogP contribution is -2.17. The maximum absolute atomic E-state index is 12.3. The zero-order valence-electron chi connectivity index (χ0n) is 14.5. The van der Waals surface area contributed by atoms with E-state index >= 15 is 0 Å². The van der Waals surface area contributed by atoms with E-state index in [1.54, 1.807) is 0 Å². The molecule has 0 aromatic heterocycles. The Kier molecular flexibility index (Phi) is 5.70. The smallest absolute Gasteiger partial charge is 0.159 e. The lowest BCUT2D eigenvalue weighted by atomic mass is 9.81. The average molecular weight is 310 g/mol. The Bertz CT molecular complexity index is 546.